The van der Waals surface area contributed by atoms with Crippen molar-refractivity contribution in [2.24, 2.45) is 5.92 Å². The van der Waals surface area contributed by atoms with Crippen LogP contribution in [0.3, 0.4) is 0 Å². The molecule has 1 N–H and O–H groups in total. The molecule has 1 aromatic rings. The average Bonchev–Trinajstić information content (AvgIpc) is 3.20. The molecule has 3 nitrogen and oxygen atoms in total. The molecule has 1 saturated carbocycles. The molecule has 0 aromatic heterocycles. The topological polar surface area (TPSA) is 32.3 Å². The standard InChI is InChI=1S/C16H22N2O/c1-12-11-14-5-2-3-6-15(14)18(12)10-4-9-17-16(19)13-7-8-13/h2-3,5-6,12-13H,4,7-11H2,1H3,(H,17,19)/t12-/m0/s1. The van der Waals surface area contributed by atoms with Crippen molar-refractivity contribution in [3.8, 4) is 0 Å². The van der Waals surface area contributed by atoms with Crippen LogP contribution < -0.4 is 10.2 Å². The first-order valence-electron chi connectivity index (χ1n) is 7.38. The van der Waals surface area contributed by atoms with Gasteiger partial charge < -0.3 is 10.2 Å². The van der Waals surface area contributed by atoms with Gasteiger partial charge in [0, 0.05) is 30.7 Å². The highest BCUT2D eigenvalue weighted by molar-refractivity contribution is 5.80. The Morgan fingerprint density at radius 3 is 2.95 bits per heavy atom. The maximum absolute atomic E-state index is 11.5. The van der Waals surface area contributed by atoms with Crippen LogP contribution in [0, 0.1) is 5.92 Å². The van der Waals surface area contributed by atoms with Gasteiger partial charge >= 0.3 is 0 Å². The lowest BCUT2D eigenvalue weighted by Gasteiger charge is -2.24. The molecule has 1 atom stereocenters. The second-order valence-electron chi connectivity index (χ2n) is 5.79. The fraction of sp³-hybridized carbons (Fsp3) is 0.562. The second-order valence-corrected chi connectivity index (χ2v) is 5.79. The van der Waals surface area contributed by atoms with E-state index in [1.54, 1.807) is 0 Å². The van der Waals surface area contributed by atoms with Gasteiger partial charge in [0.1, 0.15) is 0 Å². The maximum atomic E-state index is 11.5. The monoisotopic (exact) mass is 258 g/mol. The van der Waals surface area contributed by atoms with E-state index in [2.05, 4.69) is 41.4 Å². The number of nitrogens with one attached hydrogen (secondary N) is 1. The van der Waals surface area contributed by atoms with Gasteiger partial charge in [0.2, 0.25) is 5.91 Å². The number of nitrogens with zero attached hydrogens (tertiary/aromatic N) is 1. The van der Waals surface area contributed by atoms with E-state index in [1.165, 1.54) is 11.3 Å². The summed E-state index contributed by atoms with van der Waals surface area (Å²) in [6.45, 7) is 4.12. The molecule has 3 rings (SSSR count). The highest BCUT2D eigenvalue weighted by Crippen LogP contribution is 2.31. The van der Waals surface area contributed by atoms with Crippen molar-refractivity contribution in [1.29, 1.82) is 0 Å². The summed E-state index contributed by atoms with van der Waals surface area (Å²) in [4.78, 5) is 14.0. The molecule has 1 aliphatic carbocycles. The molecule has 3 heteroatoms. The number of benzene rings is 1. The fourth-order valence-electron chi connectivity index (χ4n) is 2.92. The van der Waals surface area contributed by atoms with Crippen molar-refractivity contribution in [2.45, 2.75) is 38.6 Å². The van der Waals surface area contributed by atoms with E-state index in [1.807, 2.05) is 0 Å². The van der Waals surface area contributed by atoms with Gasteiger partial charge in [-0.05, 0) is 44.2 Å². The summed E-state index contributed by atoms with van der Waals surface area (Å²) in [5.41, 5.74) is 2.83. The zero-order valence-corrected chi connectivity index (χ0v) is 11.6. The maximum Gasteiger partial charge on any atom is 0.223 e. The molecule has 1 amide bonds. The first-order valence-corrected chi connectivity index (χ1v) is 7.38. The Morgan fingerprint density at radius 2 is 2.16 bits per heavy atom. The molecule has 1 heterocycles. The van der Waals surface area contributed by atoms with Gasteiger partial charge in [-0.2, -0.15) is 0 Å². The van der Waals surface area contributed by atoms with E-state index in [0.29, 0.717) is 12.0 Å². The van der Waals surface area contributed by atoms with Crippen LogP contribution in [0.15, 0.2) is 24.3 Å². The summed E-state index contributed by atoms with van der Waals surface area (Å²) in [6.07, 6.45) is 4.34. The number of hydrogen-bond donors (Lipinski definition) is 1. The molecule has 2 aliphatic rings. The van der Waals surface area contributed by atoms with Crippen molar-refractivity contribution in [3.63, 3.8) is 0 Å². The van der Waals surface area contributed by atoms with Crippen LogP contribution in [0.1, 0.15) is 31.7 Å². The Labute approximate surface area is 115 Å². The third kappa shape index (κ3) is 2.75. The Morgan fingerprint density at radius 1 is 1.37 bits per heavy atom. The minimum Gasteiger partial charge on any atom is -0.368 e. The van der Waals surface area contributed by atoms with Gasteiger partial charge in [-0.3, -0.25) is 4.79 Å². The van der Waals surface area contributed by atoms with Crippen molar-refractivity contribution >= 4 is 11.6 Å². The lowest BCUT2D eigenvalue weighted by Crippen LogP contribution is -2.33. The van der Waals surface area contributed by atoms with Crippen molar-refractivity contribution < 1.29 is 4.79 Å². The second kappa shape index (κ2) is 5.24. The zero-order valence-electron chi connectivity index (χ0n) is 11.6. The van der Waals surface area contributed by atoms with E-state index in [9.17, 15) is 4.79 Å². The van der Waals surface area contributed by atoms with Crippen LogP contribution in [-0.2, 0) is 11.2 Å². The quantitative estimate of drug-likeness (QED) is 0.822. The summed E-state index contributed by atoms with van der Waals surface area (Å²) in [5, 5.41) is 3.04. The van der Waals surface area contributed by atoms with E-state index in [-0.39, 0.29) is 5.91 Å². The van der Waals surface area contributed by atoms with Gasteiger partial charge in [0.05, 0.1) is 0 Å². The summed E-state index contributed by atoms with van der Waals surface area (Å²) in [7, 11) is 0. The Balaban J connectivity index is 1.48. The van der Waals surface area contributed by atoms with Gasteiger partial charge in [-0.1, -0.05) is 18.2 Å². The minimum atomic E-state index is 0.259. The van der Waals surface area contributed by atoms with Gasteiger partial charge in [0.25, 0.3) is 0 Å². The third-order valence-corrected chi connectivity index (χ3v) is 4.17. The number of amides is 1. The van der Waals surface area contributed by atoms with Crippen LogP contribution in [0.4, 0.5) is 5.69 Å². The number of anilines is 1. The number of rotatable bonds is 5. The average molecular weight is 258 g/mol. The first-order chi connectivity index (χ1) is 9.25. The van der Waals surface area contributed by atoms with E-state index in [0.717, 1.165) is 38.8 Å². The molecular weight excluding hydrogens is 236 g/mol. The predicted molar refractivity (Wildman–Crippen MR) is 77.3 cm³/mol. The number of fused-ring (bicyclic) bond motifs is 1. The Kier molecular flexibility index (Phi) is 3.45. The largest absolute Gasteiger partial charge is 0.368 e. The highest BCUT2D eigenvalue weighted by Gasteiger charge is 2.29. The zero-order chi connectivity index (χ0) is 13.2. The van der Waals surface area contributed by atoms with Gasteiger partial charge in [-0.25, -0.2) is 0 Å². The Bertz CT molecular complexity index is 468. The van der Waals surface area contributed by atoms with Crippen LogP contribution in [0.5, 0.6) is 0 Å². The summed E-state index contributed by atoms with van der Waals surface area (Å²) >= 11 is 0. The molecule has 102 valence electrons. The summed E-state index contributed by atoms with van der Waals surface area (Å²) in [5.74, 6) is 0.585. The fourth-order valence-corrected chi connectivity index (χ4v) is 2.92. The SMILES string of the molecule is C[C@H]1Cc2ccccc2N1CCCNC(=O)C1CC1. The molecular formula is C16H22N2O. The number of carbonyl (C=O) groups is 1. The minimum absolute atomic E-state index is 0.259. The highest BCUT2D eigenvalue weighted by atomic mass is 16.2. The molecule has 0 spiro atoms. The normalized spacial score (nSPS) is 21.3. The van der Waals surface area contributed by atoms with E-state index >= 15 is 0 Å². The van der Waals surface area contributed by atoms with Crippen LogP contribution in [-0.4, -0.2) is 25.0 Å². The molecule has 0 unspecified atom stereocenters. The van der Waals surface area contributed by atoms with E-state index < -0.39 is 0 Å². The summed E-state index contributed by atoms with van der Waals surface area (Å²) in [6, 6.07) is 9.24. The number of carbonyl (C=O) groups excluding carboxylic acids is 1. The van der Waals surface area contributed by atoms with Crippen LogP contribution in [0.2, 0.25) is 0 Å². The van der Waals surface area contributed by atoms with Crippen molar-refractivity contribution in [1.82, 2.24) is 5.32 Å². The molecule has 0 saturated heterocycles. The molecule has 0 radical (unpaired) electrons. The predicted octanol–water partition coefficient (Wildman–Crippen LogP) is 2.35. The lowest BCUT2D eigenvalue weighted by molar-refractivity contribution is -0.122. The van der Waals surface area contributed by atoms with Crippen LogP contribution in [0.25, 0.3) is 0 Å². The molecule has 1 aliphatic heterocycles. The summed E-state index contributed by atoms with van der Waals surface area (Å²) < 4.78 is 0. The van der Waals surface area contributed by atoms with Gasteiger partial charge in [-0.15, -0.1) is 0 Å². The molecule has 1 aromatic carbocycles. The molecule has 19 heavy (non-hydrogen) atoms. The van der Waals surface area contributed by atoms with Crippen LogP contribution >= 0.6 is 0 Å². The first kappa shape index (κ1) is 12.5. The Hall–Kier alpha value is -1.51. The van der Waals surface area contributed by atoms with Crippen molar-refractivity contribution in [3.05, 3.63) is 29.8 Å². The molecule has 1 fully saturated rings. The third-order valence-electron chi connectivity index (χ3n) is 4.17. The number of hydrogen-bond acceptors (Lipinski definition) is 2. The van der Waals surface area contributed by atoms with Gasteiger partial charge in [0.15, 0.2) is 0 Å². The lowest BCUT2D eigenvalue weighted by atomic mass is 10.1. The number of para-hydroxylation sites is 1. The molecule has 0 bridgehead atoms. The van der Waals surface area contributed by atoms with Crippen molar-refractivity contribution in [2.75, 3.05) is 18.0 Å². The smallest absolute Gasteiger partial charge is 0.223 e. The van der Waals surface area contributed by atoms with E-state index in [4.69, 9.17) is 0 Å².